The molecule has 0 unspecified atom stereocenters. The lowest BCUT2D eigenvalue weighted by atomic mass is 10.2. The smallest absolute Gasteiger partial charge is 0.328 e. The molecule has 0 saturated carbocycles. The third-order valence-electron chi connectivity index (χ3n) is 2.54. The lowest BCUT2D eigenvalue weighted by Crippen LogP contribution is -2.19. The number of benzene rings is 1. The number of hydrogen-bond acceptors (Lipinski definition) is 2. The molecule has 0 atom stereocenters. The van der Waals surface area contributed by atoms with Crippen molar-refractivity contribution in [3.8, 4) is 0 Å². The third-order valence-corrected chi connectivity index (χ3v) is 2.54. The summed E-state index contributed by atoms with van der Waals surface area (Å²) >= 11 is 0. The molecular weight excluding hydrogens is 180 g/mol. The number of para-hydroxylation sites is 1. The highest BCUT2D eigenvalue weighted by Crippen LogP contribution is 2.16. The summed E-state index contributed by atoms with van der Waals surface area (Å²) in [6.45, 7) is -0.0470. The van der Waals surface area contributed by atoms with Crippen molar-refractivity contribution in [2.45, 2.75) is 6.61 Å². The number of aryl methyl sites for hydroxylation is 2. The van der Waals surface area contributed by atoms with Crippen LogP contribution in [-0.2, 0) is 20.7 Å². The van der Waals surface area contributed by atoms with E-state index in [0.29, 0.717) is 0 Å². The van der Waals surface area contributed by atoms with Crippen LogP contribution in [0.15, 0.2) is 23.0 Å². The van der Waals surface area contributed by atoms with Crippen molar-refractivity contribution in [3.05, 3.63) is 34.2 Å². The molecule has 4 heteroatoms. The number of rotatable bonds is 1. The molecule has 0 aliphatic rings. The Kier molecular flexibility index (Phi) is 1.93. The van der Waals surface area contributed by atoms with Crippen LogP contribution >= 0.6 is 0 Å². The second-order valence-corrected chi connectivity index (χ2v) is 3.34. The zero-order chi connectivity index (χ0) is 10.3. The second kappa shape index (κ2) is 2.99. The molecule has 1 aromatic heterocycles. The summed E-state index contributed by atoms with van der Waals surface area (Å²) in [6, 6.07) is 5.53. The molecule has 0 spiro atoms. The topological polar surface area (TPSA) is 47.2 Å². The Balaban J connectivity index is 3.02. The van der Waals surface area contributed by atoms with Crippen LogP contribution < -0.4 is 5.69 Å². The monoisotopic (exact) mass is 192 g/mol. The number of fused-ring (bicyclic) bond motifs is 1. The minimum absolute atomic E-state index is 0.0470. The fraction of sp³-hybridized carbons (Fsp3) is 0.300. The molecule has 2 aromatic rings. The maximum absolute atomic E-state index is 11.6. The minimum atomic E-state index is -0.0686. The summed E-state index contributed by atoms with van der Waals surface area (Å²) in [4.78, 5) is 11.6. The van der Waals surface area contributed by atoms with Crippen LogP contribution in [0.1, 0.15) is 5.56 Å². The number of aliphatic hydroxyl groups excluding tert-OH is 1. The number of imidazole rings is 1. The van der Waals surface area contributed by atoms with E-state index < -0.39 is 0 Å². The van der Waals surface area contributed by atoms with Crippen LogP contribution in [0.2, 0.25) is 0 Å². The highest BCUT2D eigenvalue weighted by molar-refractivity contribution is 5.79. The van der Waals surface area contributed by atoms with Gasteiger partial charge in [0.05, 0.1) is 17.6 Å². The van der Waals surface area contributed by atoms with Crippen LogP contribution in [0.5, 0.6) is 0 Å². The summed E-state index contributed by atoms with van der Waals surface area (Å²) in [6.07, 6.45) is 0. The molecule has 0 radical (unpaired) electrons. The molecule has 1 aromatic carbocycles. The van der Waals surface area contributed by atoms with Crippen molar-refractivity contribution >= 4 is 11.0 Å². The average molecular weight is 192 g/mol. The Morgan fingerprint density at radius 2 is 2.00 bits per heavy atom. The van der Waals surface area contributed by atoms with Gasteiger partial charge in [0.1, 0.15) is 0 Å². The quantitative estimate of drug-likeness (QED) is 0.709. The average Bonchev–Trinajstić information content (AvgIpc) is 2.44. The van der Waals surface area contributed by atoms with E-state index in [1.165, 1.54) is 0 Å². The van der Waals surface area contributed by atoms with Gasteiger partial charge in [-0.3, -0.25) is 9.13 Å². The first-order valence-corrected chi connectivity index (χ1v) is 4.41. The number of aliphatic hydroxyl groups is 1. The van der Waals surface area contributed by atoms with Gasteiger partial charge >= 0.3 is 5.69 Å². The van der Waals surface area contributed by atoms with E-state index in [4.69, 9.17) is 5.11 Å². The van der Waals surface area contributed by atoms with Gasteiger partial charge in [-0.2, -0.15) is 0 Å². The number of hydrogen-bond donors (Lipinski definition) is 1. The van der Waals surface area contributed by atoms with E-state index in [1.54, 1.807) is 23.2 Å². The first-order chi connectivity index (χ1) is 6.66. The van der Waals surface area contributed by atoms with Crippen LogP contribution in [-0.4, -0.2) is 14.2 Å². The molecule has 74 valence electrons. The van der Waals surface area contributed by atoms with E-state index in [2.05, 4.69) is 0 Å². The Bertz CT molecular complexity index is 537. The van der Waals surface area contributed by atoms with Crippen molar-refractivity contribution in [2.24, 2.45) is 14.1 Å². The normalized spacial score (nSPS) is 11.1. The highest BCUT2D eigenvalue weighted by atomic mass is 16.3. The molecule has 0 aliphatic heterocycles. The van der Waals surface area contributed by atoms with Gasteiger partial charge in [-0.15, -0.1) is 0 Å². The first-order valence-electron chi connectivity index (χ1n) is 4.41. The summed E-state index contributed by atoms with van der Waals surface area (Å²) in [7, 11) is 3.44. The van der Waals surface area contributed by atoms with Gasteiger partial charge in [-0.1, -0.05) is 12.1 Å². The zero-order valence-corrected chi connectivity index (χ0v) is 8.19. The lowest BCUT2D eigenvalue weighted by molar-refractivity contribution is 0.283. The third kappa shape index (κ3) is 1.01. The lowest BCUT2D eigenvalue weighted by Gasteiger charge is -2.00. The molecule has 0 aliphatic carbocycles. The molecule has 1 heterocycles. The summed E-state index contributed by atoms with van der Waals surface area (Å²) < 4.78 is 3.13. The Labute approximate surface area is 81.0 Å². The largest absolute Gasteiger partial charge is 0.392 e. The number of aromatic nitrogens is 2. The van der Waals surface area contributed by atoms with E-state index in [1.807, 2.05) is 18.2 Å². The summed E-state index contributed by atoms with van der Waals surface area (Å²) in [5.41, 5.74) is 2.37. The molecule has 14 heavy (non-hydrogen) atoms. The molecule has 0 amide bonds. The second-order valence-electron chi connectivity index (χ2n) is 3.34. The van der Waals surface area contributed by atoms with Gasteiger partial charge in [0, 0.05) is 19.7 Å². The van der Waals surface area contributed by atoms with Crippen molar-refractivity contribution in [1.82, 2.24) is 9.13 Å². The molecule has 0 bridgehead atoms. The standard InChI is InChI=1S/C10H12N2O2/c1-11-8-5-3-4-7(6-13)9(8)12(2)10(11)14/h3-5,13H,6H2,1-2H3. The highest BCUT2D eigenvalue weighted by Gasteiger charge is 2.09. The van der Waals surface area contributed by atoms with Gasteiger partial charge in [-0.25, -0.2) is 4.79 Å². The van der Waals surface area contributed by atoms with Gasteiger partial charge in [0.2, 0.25) is 0 Å². The number of nitrogens with zero attached hydrogens (tertiary/aromatic N) is 2. The predicted octanol–water partition coefficient (Wildman–Crippen LogP) is 0.369. The van der Waals surface area contributed by atoms with Crippen LogP contribution in [0.4, 0.5) is 0 Å². The first kappa shape index (κ1) is 9.02. The Hall–Kier alpha value is -1.55. The van der Waals surface area contributed by atoms with Crippen molar-refractivity contribution < 1.29 is 5.11 Å². The molecule has 0 fully saturated rings. The van der Waals surface area contributed by atoms with E-state index in [-0.39, 0.29) is 12.3 Å². The van der Waals surface area contributed by atoms with Gasteiger partial charge in [-0.05, 0) is 6.07 Å². The Morgan fingerprint density at radius 3 is 2.64 bits per heavy atom. The van der Waals surface area contributed by atoms with Crippen LogP contribution in [0.3, 0.4) is 0 Å². The Morgan fingerprint density at radius 1 is 1.29 bits per heavy atom. The maximum Gasteiger partial charge on any atom is 0.328 e. The van der Waals surface area contributed by atoms with Gasteiger partial charge in [0.25, 0.3) is 0 Å². The van der Waals surface area contributed by atoms with Gasteiger partial charge < -0.3 is 5.11 Å². The van der Waals surface area contributed by atoms with Crippen molar-refractivity contribution in [1.29, 1.82) is 0 Å². The van der Waals surface area contributed by atoms with Gasteiger partial charge in [0.15, 0.2) is 0 Å². The molecule has 2 rings (SSSR count). The molecule has 1 N–H and O–H groups in total. The van der Waals surface area contributed by atoms with E-state index in [9.17, 15) is 4.79 Å². The predicted molar refractivity (Wildman–Crippen MR) is 54.1 cm³/mol. The SMILES string of the molecule is Cn1c(=O)n(C)c2c(CO)cccc21. The fourth-order valence-electron chi connectivity index (χ4n) is 1.79. The zero-order valence-electron chi connectivity index (χ0n) is 8.19. The van der Waals surface area contributed by atoms with Crippen LogP contribution in [0, 0.1) is 0 Å². The molecule has 4 nitrogen and oxygen atoms in total. The van der Waals surface area contributed by atoms with E-state index >= 15 is 0 Å². The summed E-state index contributed by atoms with van der Waals surface area (Å²) in [5.74, 6) is 0. The fourth-order valence-corrected chi connectivity index (χ4v) is 1.79. The summed E-state index contributed by atoms with van der Waals surface area (Å²) in [5, 5.41) is 9.14. The van der Waals surface area contributed by atoms with Crippen LogP contribution in [0.25, 0.3) is 11.0 Å². The van der Waals surface area contributed by atoms with Crippen molar-refractivity contribution in [2.75, 3.05) is 0 Å². The maximum atomic E-state index is 11.6. The van der Waals surface area contributed by atoms with E-state index in [0.717, 1.165) is 16.6 Å². The van der Waals surface area contributed by atoms with Crippen molar-refractivity contribution in [3.63, 3.8) is 0 Å². The minimum Gasteiger partial charge on any atom is -0.392 e. The molecular formula is C10H12N2O2. The molecule has 0 saturated heterocycles.